The average Bonchev–Trinajstić information content (AvgIpc) is 3.25. The number of benzene rings is 3. The van der Waals surface area contributed by atoms with Crippen LogP contribution in [0.3, 0.4) is 0 Å². The van der Waals surface area contributed by atoms with Gasteiger partial charge >= 0.3 is 0 Å². The lowest BCUT2D eigenvalue weighted by molar-refractivity contribution is 0.0977. The third-order valence-electron chi connectivity index (χ3n) is 4.59. The standard InChI is InChI=1S/C24H21N3O2S2/c1-2-13-29-18-10-5-9-17(14-18)22(28)26-23(30)27-24-25-21(15-31-24)20-12-6-8-16-7-3-4-11-19(16)20/h3-12,14-15H,2,13H2,1H3,(H2,25,26,27,28,30). The van der Waals surface area contributed by atoms with Gasteiger partial charge in [0, 0.05) is 16.5 Å². The van der Waals surface area contributed by atoms with Gasteiger partial charge in [0.05, 0.1) is 12.3 Å². The molecule has 7 heteroatoms. The van der Waals surface area contributed by atoms with Gasteiger partial charge in [0.2, 0.25) is 0 Å². The summed E-state index contributed by atoms with van der Waals surface area (Å²) in [6, 6.07) is 21.4. The smallest absolute Gasteiger partial charge is 0.257 e. The van der Waals surface area contributed by atoms with Crippen molar-refractivity contribution in [3.05, 3.63) is 77.7 Å². The molecule has 3 aromatic carbocycles. The van der Waals surface area contributed by atoms with Gasteiger partial charge in [-0.2, -0.15) is 0 Å². The number of hydrogen-bond donors (Lipinski definition) is 2. The van der Waals surface area contributed by atoms with Crippen molar-refractivity contribution >= 4 is 50.5 Å². The van der Waals surface area contributed by atoms with Crippen LogP contribution in [0, 0.1) is 0 Å². The molecule has 4 rings (SSSR count). The minimum absolute atomic E-state index is 0.198. The maximum Gasteiger partial charge on any atom is 0.257 e. The first kappa shape index (κ1) is 21.0. The van der Waals surface area contributed by atoms with Gasteiger partial charge in [0.15, 0.2) is 10.2 Å². The fraction of sp³-hybridized carbons (Fsp3) is 0.125. The molecule has 1 aromatic heterocycles. The molecule has 5 nitrogen and oxygen atoms in total. The molecule has 0 fully saturated rings. The van der Waals surface area contributed by atoms with E-state index in [4.69, 9.17) is 17.0 Å². The van der Waals surface area contributed by atoms with Gasteiger partial charge in [-0.3, -0.25) is 10.1 Å². The normalized spacial score (nSPS) is 10.6. The Hall–Kier alpha value is -3.29. The molecule has 156 valence electrons. The summed E-state index contributed by atoms with van der Waals surface area (Å²) in [7, 11) is 0. The van der Waals surface area contributed by atoms with Crippen LogP contribution in [0.25, 0.3) is 22.0 Å². The Bertz CT molecular complexity index is 1230. The monoisotopic (exact) mass is 447 g/mol. The number of amides is 1. The lowest BCUT2D eigenvalue weighted by Gasteiger charge is -2.09. The number of rotatable bonds is 6. The number of nitrogens with zero attached hydrogens (tertiary/aromatic N) is 1. The van der Waals surface area contributed by atoms with Crippen LogP contribution in [0.1, 0.15) is 23.7 Å². The van der Waals surface area contributed by atoms with Crippen LogP contribution in [0.2, 0.25) is 0 Å². The molecule has 1 heterocycles. The van der Waals surface area contributed by atoms with Crippen molar-refractivity contribution in [3.63, 3.8) is 0 Å². The van der Waals surface area contributed by atoms with Crippen LogP contribution < -0.4 is 15.4 Å². The predicted molar refractivity (Wildman–Crippen MR) is 131 cm³/mol. The largest absolute Gasteiger partial charge is 0.494 e. The van der Waals surface area contributed by atoms with Gasteiger partial charge in [-0.15, -0.1) is 11.3 Å². The number of fused-ring (bicyclic) bond motifs is 1. The number of aromatic nitrogens is 1. The molecule has 31 heavy (non-hydrogen) atoms. The Morgan fingerprint density at radius 2 is 1.90 bits per heavy atom. The number of thiocarbonyl (C=S) groups is 1. The molecule has 0 saturated heterocycles. The van der Waals surface area contributed by atoms with Crippen molar-refractivity contribution in [2.24, 2.45) is 0 Å². The van der Waals surface area contributed by atoms with Crippen LogP contribution in [0.4, 0.5) is 5.13 Å². The van der Waals surface area contributed by atoms with Crippen LogP contribution in [-0.2, 0) is 0 Å². The Balaban J connectivity index is 1.43. The average molecular weight is 448 g/mol. The molecule has 0 aliphatic carbocycles. The molecular weight excluding hydrogens is 426 g/mol. The first-order valence-electron chi connectivity index (χ1n) is 9.93. The van der Waals surface area contributed by atoms with E-state index in [9.17, 15) is 4.79 Å². The fourth-order valence-electron chi connectivity index (χ4n) is 3.15. The number of carbonyl (C=O) groups is 1. The summed E-state index contributed by atoms with van der Waals surface area (Å²) >= 11 is 6.75. The third kappa shape index (κ3) is 5.07. The molecule has 4 aromatic rings. The van der Waals surface area contributed by atoms with Gasteiger partial charge in [-0.1, -0.05) is 55.5 Å². The summed E-state index contributed by atoms with van der Waals surface area (Å²) in [4.78, 5) is 17.2. The van der Waals surface area contributed by atoms with E-state index in [1.54, 1.807) is 18.2 Å². The molecule has 0 aliphatic heterocycles. The second-order valence-electron chi connectivity index (χ2n) is 6.85. The van der Waals surface area contributed by atoms with Crippen LogP contribution in [0.5, 0.6) is 5.75 Å². The summed E-state index contributed by atoms with van der Waals surface area (Å²) in [6.45, 7) is 2.64. The van der Waals surface area contributed by atoms with Crippen LogP contribution in [0.15, 0.2) is 72.1 Å². The first-order valence-corrected chi connectivity index (χ1v) is 11.2. The van der Waals surface area contributed by atoms with E-state index < -0.39 is 0 Å². The molecule has 2 N–H and O–H groups in total. The van der Waals surface area contributed by atoms with E-state index >= 15 is 0 Å². The highest BCUT2D eigenvalue weighted by atomic mass is 32.1. The molecule has 0 saturated carbocycles. The zero-order valence-corrected chi connectivity index (χ0v) is 18.6. The van der Waals surface area contributed by atoms with Crippen molar-refractivity contribution in [1.29, 1.82) is 0 Å². The topological polar surface area (TPSA) is 63.2 Å². The second-order valence-corrected chi connectivity index (χ2v) is 8.12. The highest BCUT2D eigenvalue weighted by Gasteiger charge is 2.12. The van der Waals surface area contributed by atoms with E-state index in [1.165, 1.54) is 11.3 Å². The Morgan fingerprint density at radius 3 is 2.77 bits per heavy atom. The van der Waals surface area contributed by atoms with E-state index in [-0.39, 0.29) is 11.0 Å². The molecule has 0 atom stereocenters. The summed E-state index contributed by atoms with van der Waals surface area (Å²) in [5.74, 6) is 0.360. The SMILES string of the molecule is CCCOc1cccc(C(=O)NC(=S)Nc2nc(-c3cccc4ccccc34)cs2)c1. The van der Waals surface area contributed by atoms with Crippen LogP contribution >= 0.6 is 23.6 Å². The maximum atomic E-state index is 12.5. The Morgan fingerprint density at radius 1 is 1.10 bits per heavy atom. The first-order chi connectivity index (χ1) is 15.1. The van der Waals surface area contributed by atoms with Crippen LogP contribution in [-0.4, -0.2) is 22.6 Å². The number of anilines is 1. The van der Waals surface area contributed by atoms with E-state index in [1.807, 2.05) is 36.6 Å². The molecule has 0 radical (unpaired) electrons. The van der Waals surface area contributed by atoms with Crippen molar-refractivity contribution in [1.82, 2.24) is 10.3 Å². The molecule has 0 aliphatic rings. The summed E-state index contributed by atoms with van der Waals surface area (Å²) in [6.07, 6.45) is 0.902. The van der Waals surface area contributed by atoms with E-state index in [0.29, 0.717) is 23.1 Å². The third-order valence-corrected chi connectivity index (χ3v) is 5.55. The highest BCUT2D eigenvalue weighted by Crippen LogP contribution is 2.30. The Labute approximate surface area is 190 Å². The highest BCUT2D eigenvalue weighted by molar-refractivity contribution is 7.80. The van der Waals surface area contributed by atoms with E-state index in [2.05, 4.69) is 39.9 Å². The predicted octanol–water partition coefficient (Wildman–Crippen LogP) is 5.88. The minimum atomic E-state index is -0.301. The molecule has 1 amide bonds. The van der Waals surface area contributed by atoms with Crippen molar-refractivity contribution in [2.75, 3.05) is 11.9 Å². The number of carbonyl (C=O) groups excluding carboxylic acids is 1. The number of ether oxygens (including phenoxy) is 1. The maximum absolute atomic E-state index is 12.5. The summed E-state index contributed by atoms with van der Waals surface area (Å²) < 4.78 is 5.59. The zero-order valence-electron chi connectivity index (χ0n) is 16.9. The fourth-order valence-corrected chi connectivity index (χ4v) is 4.12. The second kappa shape index (κ2) is 9.68. The number of nitrogens with one attached hydrogen (secondary N) is 2. The van der Waals surface area contributed by atoms with Gasteiger partial charge in [0.25, 0.3) is 5.91 Å². The lowest BCUT2D eigenvalue weighted by Crippen LogP contribution is -2.34. The van der Waals surface area contributed by atoms with Crippen molar-refractivity contribution in [3.8, 4) is 17.0 Å². The summed E-state index contributed by atoms with van der Waals surface area (Å²) in [5.41, 5.74) is 2.40. The zero-order chi connectivity index (χ0) is 21.6. The quantitative estimate of drug-likeness (QED) is 0.362. The molecular formula is C24H21N3O2S2. The van der Waals surface area contributed by atoms with Gasteiger partial charge in [-0.05, 0) is 47.6 Å². The van der Waals surface area contributed by atoms with Crippen molar-refractivity contribution < 1.29 is 9.53 Å². The number of thiazole rings is 1. The lowest BCUT2D eigenvalue weighted by atomic mass is 10.0. The number of hydrogen-bond acceptors (Lipinski definition) is 5. The van der Waals surface area contributed by atoms with Gasteiger partial charge in [-0.25, -0.2) is 4.98 Å². The van der Waals surface area contributed by atoms with Gasteiger partial charge < -0.3 is 10.1 Å². The molecule has 0 bridgehead atoms. The van der Waals surface area contributed by atoms with Crippen molar-refractivity contribution in [2.45, 2.75) is 13.3 Å². The van der Waals surface area contributed by atoms with E-state index in [0.717, 1.165) is 28.5 Å². The summed E-state index contributed by atoms with van der Waals surface area (Å²) in [5, 5.41) is 10.8. The minimum Gasteiger partial charge on any atom is -0.494 e. The molecule has 0 spiro atoms. The Kier molecular flexibility index (Phi) is 6.54. The van der Waals surface area contributed by atoms with Gasteiger partial charge in [0.1, 0.15) is 5.75 Å². The molecule has 0 unspecified atom stereocenters.